The van der Waals surface area contributed by atoms with Crippen LogP contribution >= 0.6 is 0 Å². The van der Waals surface area contributed by atoms with Crippen molar-refractivity contribution in [2.45, 2.75) is 30.1 Å². The predicted octanol–water partition coefficient (Wildman–Crippen LogP) is 6.26. The molecule has 2 saturated carbocycles. The van der Waals surface area contributed by atoms with Crippen molar-refractivity contribution in [2.75, 3.05) is 0 Å². The summed E-state index contributed by atoms with van der Waals surface area (Å²) in [7, 11) is 0. The van der Waals surface area contributed by atoms with Crippen molar-refractivity contribution in [3.05, 3.63) is 120 Å². The Morgan fingerprint density at radius 2 is 1.23 bits per heavy atom. The summed E-state index contributed by atoms with van der Waals surface area (Å²) in [6.45, 7) is 7.02. The van der Waals surface area contributed by atoms with E-state index in [-0.39, 0.29) is 10.8 Å². The van der Waals surface area contributed by atoms with Gasteiger partial charge in [-0.25, -0.2) is 0 Å². The van der Waals surface area contributed by atoms with E-state index in [9.17, 15) is 0 Å². The van der Waals surface area contributed by atoms with E-state index < -0.39 is 0 Å². The zero-order chi connectivity index (χ0) is 17.8. The number of rotatable bonds is 3. The molecule has 2 aliphatic rings. The monoisotopic (exact) mass is 336 g/mol. The first kappa shape index (κ1) is 15.6. The lowest BCUT2D eigenvalue weighted by Gasteiger charge is -2.28. The Balaban J connectivity index is 1.77. The third-order valence-corrected chi connectivity index (χ3v) is 7.12. The molecule has 0 heterocycles. The molecule has 0 aliphatic heterocycles. The van der Waals surface area contributed by atoms with E-state index in [0.29, 0.717) is 11.8 Å². The molecular formula is C26H24. The van der Waals surface area contributed by atoms with Crippen LogP contribution in [0.2, 0.25) is 0 Å². The van der Waals surface area contributed by atoms with Crippen molar-refractivity contribution in [3.8, 4) is 0 Å². The zero-order valence-electron chi connectivity index (χ0n) is 15.2. The van der Waals surface area contributed by atoms with E-state index in [1.165, 1.54) is 22.3 Å². The second kappa shape index (κ2) is 5.45. The Labute approximate surface area is 156 Å². The molecule has 0 saturated heterocycles. The van der Waals surface area contributed by atoms with Gasteiger partial charge in [0.05, 0.1) is 0 Å². The van der Waals surface area contributed by atoms with Crippen molar-refractivity contribution in [1.82, 2.24) is 0 Å². The van der Waals surface area contributed by atoms with Crippen LogP contribution in [0.1, 0.15) is 36.0 Å². The Hall–Kier alpha value is -2.60. The van der Waals surface area contributed by atoms with Crippen molar-refractivity contribution < 1.29 is 0 Å². The molecule has 4 atom stereocenters. The van der Waals surface area contributed by atoms with Crippen LogP contribution in [0.5, 0.6) is 0 Å². The fourth-order valence-electron chi connectivity index (χ4n) is 6.21. The molecule has 0 amide bonds. The molecule has 3 aromatic rings. The van der Waals surface area contributed by atoms with Crippen LogP contribution in [0, 0.1) is 5.92 Å². The average Bonchev–Trinajstić information content (AvgIpc) is 3.09. The first-order valence-electron chi connectivity index (χ1n) is 9.56. The molecule has 0 heteroatoms. The summed E-state index contributed by atoms with van der Waals surface area (Å²) in [4.78, 5) is 0. The normalized spacial score (nSPS) is 32.3. The van der Waals surface area contributed by atoms with Gasteiger partial charge in [0.25, 0.3) is 0 Å². The van der Waals surface area contributed by atoms with Crippen LogP contribution in [-0.2, 0) is 10.8 Å². The smallest absolute Gasteiger partial charge is 0.0196 e. The lowest BCUT2D eigenvalue weighted by molar-refractivity contribution is 0.555. The highest BCUT2D eigenvalue weighted by Gasteiger charge is 2.81. The molecule has 0 bridgehead atoms. The minimum atomic E-state index is 0.105. The van der Waals surface area contributed by atoms with Crippen LogP contribution in [0.3, 0.4) is 0 Å². The van der Waals surface area contributed by atoms with Gasteiger partial charge in [0.1, 0.15) is 0 Å². The molecule has 128 valence electrons. The molecule has 3 aromatic carbocycles. The molecule has 26 heavy (non-hydrogen) atoms. The van der Waals surface area contributed by atoms with Gasteiger partial charge in [-0.1, -0.05) is 110 Å². The number of hydrogen-bond donors (Lipinski definition) is 0. The summed E-state index contributed by atoms with van der Waals surface area (Å²) in [5.41, 5.74) is 5.98. The topological polar surface area (TPSA) is 0 Å². The van der Waals surface area contributed by atoms with Crippen molar-refractivity contribution in [2.24, 2.45) is 5.92 Å². The SMILES string of the molecule is C=C1C[C@@]2(c3ccccc3)[C@H](C)[C@@]2(c2ccccc2)[C@H]1c1ccccc1. The first-order chi connectivity index (χ1) is 12.7. The van der Waals surface area contributed by atoms with Gasteiger partial charge in [-0.2, -0.15) is 0 Å². The molecule has 5 rings (SSSR count). The minimum Gasteiger partial charge on any atom is -0.0992 e. The van der Waals surface area contributed by atoms with Crippen LogP contribution in [0.25, 0.3) is 0 Å². The highest BCUT2D eigenvalue weighted by molar-refractivity contribution is 5.63. The van der Waals surface area contributed by atoms with Crippen LogP contribution in [0.4, 0.5) is 0 Å². The van der Waals surface area contributed by atoms with Crippen LogP contribution in [0.15, 0.2) is 103 Å². The summed E-state index contributed by atoms with van der Waals surface area (Å²) in [5.74, 6) is 0.969. The lowest BCUT2D eigenvalue weighted by Crippen LogP contribution is -2.22. The number of hydrogen-bond acceptors (Lipinski definition) is 0. The summed E-state index contributed by atoms with van der Waals surface area (Å²) in [6.07, 6.45) is 1.08. The maximum absolute atomic E-state index is 4.57. The van der Waals surface area contributed by atoms with Gasteiger partial charge in [-0.15, -0.1) is 0 Å². The van der Waals surface area contributed by atoms with E-state index in [1.54, 1.807) is 0 Å². The minimum absolute atomic E-state index is 0.105. The molecule has 0 aromatic heterocycles. The highest BCUT2D eigenvalue weighted by atomic mass is 14.8. The Morgan fingerprint density at radius 3 is 1.81 bits per heavy atom. The summed E-state index contributed by atoms with van der Waals surface area (Å²) < 4.78 is 0. The highest BCUT2D eigenvalue weighted by Crippen LogP contribution is 2.82. The Morgan fingerprint density at radius 1 is 0.731 bits per heavy atom. The van der Waals surface area contributed by atoms with E-state index in [4.69, 9.17) is 0 Å². The standard InChI is InChI=1S/C26H24/c1-19-18-25(22-14-8-4-9-15-22)20(2)26(25,23-16-10-5-11-17-23)24(19)21-12-6-3-7-13-21/h3-17,20,24H,1,18H2,2H3/t20-,24+,25-,26+/m0/s1. The zero-order valence-corrected chi connectivity index (χ0v) is 15.2. The molecule has 0 spiro atoms. The average molecular weight is 336 g/mol. The van der Waals surface area contributed by atoms with E-state index in [2.05, 4.69) is 104 Å². The van der Waals surface area contributed by atoms with Crippen molar-refractivity contribution in [3.63, 3.8) is 0 Å². The first-order valence-corrected chi connectivity index (χ1v) is 9.56. The quantitative estimate of drug-likeness (QED) is 0.495. The number of benzene rings is 3. The van der Waals surface area contributed by atoms with Gasteiger partial charge < -0.3 is 0 Å². The molecule has 0 unspecified atom stereocenters. The second-order valence-electron chi connectivity index (χ2n) is 7.97. The molecule has 0 N–H and O–H groups in total. The summed E-state index contributed by atoms with van der Waals surface area (Å²) in [5, 5.41) is 0. The maximum atomic E-state index is 4.57. The fraction of sp³-hybridized carbons (Fsp3) is 0.231. The summed E-state index contributed by atoms with van der Waals surface area (Å²) in [6, 6.07) is 33.3. The number of allylic oxidation sites excluding steroid dienone is 1. The molecule has 0 nitrogen and oxygen atoms in total. The molecule has 2 fully saturated rings. The van der Waals surface area contributed by atoms with Gasteiger partial charge >= 0.3 is 0 Å². The lowest BCUT2D eigenvalue weighted by atomic mass is 9.75. The molecule has 2 aliphatic carbocycles. The van der Waals surface area contributed by atoms with Crippen molar-refractivity contribution >= 4 is 0 Å². The Kier molecular flexibility index (Phi) is 3.28. The third kappa shape index (κ3) is 1.75. The van der Waals surface area contributed by atoms with E-state index in [0.717, 1.165) is 6.42 Å². The van der Waals surface area contributed by atoms with Gasteiger partial charge in [-0.05, 0) is 29.0 Å². The van der Waals surface area contributed by atoms with Crippen LogP contribution < -0.4 is 0 Å². The van der Waals surface area contributed by atoms with Crippen molar-refractivity contribution in [1.29, 1.82) is 0 Å². The summed E-state index contributed by atoms with van der Waals surface area (Å²) >= 11 is 0. The maximum Gasteiger partial charge on any atom is 0.0196 e. The van der Waals surface area contributed by atoms with Gasteiger partial charge in [-0.3, -0.25) is 0 Å². The van der Waals surface area contributed by atoms with E-state index in [1.807, 2.05) is 0 Å². The third-order valence-electron chi connectivity index (χ3n) is 7.12. The fourth-order valence-corrected chi connectivity index (χ4v) is 6.21. The molecule has 0 radical (unpaired) electrons. The van der Waals surface area contributed by atoms with E-state index >= 15 is 0 Å². The van der Waals surface area contributed by atoms with Gasteiger partial charge in [0.15, 0.2) is 0 Å². The Bertz CT molecular complexity index is 941. The van der Waals surface area contributed by atoms with Gasteiger partial charge in [0.2, 0.25) is 0 Å². The largest absolute Gasteiger partial charge is 0.0992 e. The number of fused-ring (bicyclic) bond motifs is 1. The predicted molar refractivity (Wildman–Crippen MR) is 108 cm³/mol. The van der Waals surface area contributed by atoms with Crippen LogP contribution in [-0.4, -0.2) is 0 Å². The second-order valence-corrected chi connectivity index (χ2v) is 7.97. The molecular weight excluding hydrogens is 312 g/mol. The van der Waals surface area contributed by atoms with Gasteiger partial charge in [0, 0.05) is 16.7 Å².